The largest absolute Gasteiger partial charge is 0.508 e. The summed E-state index contributed by atoms with van der Waals surface area (Å²) in [5.74, 6) is -0.371. The van der Waals surface area contributed by atoms with E-state index in [4.69, 9.17) is 0 Å². The first-order valence-electron chi connectivity index (χ1n) is 11.0. The molecular weight excluding hydrogens is 433 g/mol. The van der Waals surface area contributed by atoms with Crippen molar-refractivity contribution in [3.05, 3.63) is 53.3 Å². The van der Waals surface area contributed by atoms with E-state index in [1.807, 2.05) is 22.7 Å². The van der Waals surface area contributed by atoms with Crippen LogP contribution in [0.2, 0.25) is 0 Å². The quantitative estimate of drug-likeness (QED) is 0.579. The van der Waals surface area contributed by atoms with Gasteiger partial charge in [0.1, 0.15) is 17.3 Å². The van der Waals surface area contributed by atoms with Crippen LogP contribution in [0.5, 0.6) is 5.75 Å². The van der Waals surface area contributed by atoms with E-state index in [1.165, 1.54) is 6.07 Å². The van der Waals surface area contributed by atoms with E-state index >= 15 is 0 Å². The van der Waals surface area contributed by atoms with Crippen LogP contribution in [0.3, 0.4) is 0 Å². The highest BCUT2D eigenvalue weighted by Crippen LogP contribution is 2.32. The molecule has 1 saturated heterocycles. The van der Waals surface area contributed by atoms with Crippen LogP contribution in [-0.4, -0.2) is 33.7 Å². The molecule has 1 amide bonds. The van der Waals surface area contributed by atoms with Crippen LogP contribution < -0.4 is 10.2 Å². The zero-order valence-electron chi connectivity index (χ0n) is 18.6. The highest BCUT2D eigenvalue weighted by Gasteiger charge is 2.34. The highest BCUT2D eigenvalue weighted by molar-refractivity contribution is 5.92. The van der Waals surface area contributed by atoms with Gasteiger partial charge in [-0.2, -0.15) is 13.2 Å². The number of aromatic hydroxyl groups is 1. The smallest absolute Gasteiger partial charge is 0.433 e. The third kappa shape index (κ3) is 4.77. The number of phenolic OH excluding ortho intramolecular Hbond substituents is 1. The Labute approximate surface area is 190 Å². The van der Waals surface area contributed by atoms with Gasteiger partial charge in [0.2, 0.25) is 5.91 Å². The summed E-state index contributed by atoms with van der Waals surface area (Å²) >= 11 is 0. The summed E-state index contributed by atoms with van der Waals surface area (Å²) in [7, 11) is 1.87. The molecular formula is C24H27F3N4O2. The second kappa shape index (κ2) is 8.96. The lowest BCUT2D eigenvalue weighted by Gasteiger charge is -2.30. The van der Waals surface area contributed by atoms with Crippen molar-refractivity contribution in [1.29, 1.82) is 0 Å². The highest BCUT2D eigenvalue weighted by atomic mass is 19.4. The standard InChI is InChI=1S/C24H27F3N4O2/c1-15(19-14-30(2)20-8-7-17(32)12-18(19)20)23(33)28-13-16-6-9-21(24(25,26)27)29-22(16)31-10-4-3-5-11-31/h6-9,12,14-15,32H,3-5,10-11,13H2,1-2H3,(H,28,33). The van der Waals surface area contributed by atoms with E-state index in [0.29, 0.717) is 18.7 Å². The fraction of sp³-hybridized carbons (Fsp3) is 0.417. The maximum Gasteiger partial charge on any atom is 0.433 e. The molecule has 1 atom stereocenters. The number of halogens is 3. The Balaban J connectivity index is 1.56. The number of phenols is 1. The average molecular weight is 461 g/mol. The molecule has 0 bridgehead atoms. The molecule has 3 heterocycles. The molecule has 1 fully saturated rings. The number of aromatic nitrogens is 2. The molecule has 1 aliphatic heterocycles. The Morgan fingerprint density at radius 3 is 2.61 bits per heavy atom. The number of aryl methyl sites for hydroxylation is 1. The van der Waals surface area contributed by atoms with Crippen LogP contribution in [0.4, 0.5) is 19.0 Å². The fourth-order valence-corrected chi connectivity index (χ4v) is 4.38. The van der Waals surface area contributed by atoms with E-state index in [9.17, 15) is 23.1 Å². The molecule has 6 nitrogen and oxygen atoms in total. The molecule has 33 heavy (non-hydrogen) atoms. The van der Waals surface area contributed by atoms with E-state index in [1.54, 1.807) is 25.1 Å². The van der Waals surface area contributed by atoms with Crippen LogP contribution >= 0.6 is 0 Å². The summed E-state index contributed by atoms with van der Waals surface area (Å²) in [4.78, 5) is 18.8. The summed E-state index contributed by atoms with van der Waals surface area (Å²) in [6.07, 6.45) is 0.164. The number of carbonyl (C=O) groups is 1. The normalized spacial score (nSPS) is 15.6. The first-order valence-corrected chi connectivity index (χ1v) is 11.0. The number of rotatable bonds is 5. The van der Waals surface area contributed by atoms with Crippen molar-refractivity contribution in [2.45, 2.75) is 44.8 Å². The maximum absolute atomic E-state index is 13.3. The van der Waals surface area contributed by atoms with Crippen molar-refractivity contribution in [3.8, 4) is 5.75 Å². The van der Waals surface area contributed by atoms with Gasteiger partial charge in [-0.15, -0.1) is 0 Å². The van der Waals surface area contributed by atoms with Crippen LogP contribution in [0.25, 0.3) is 10.9 Å². The van der Waals surface area contributed by atoms with Gasteiger partial charge < -0.3 is 19.9 Å². The Morgan fingerprint density at radius 1 is 1.18 bits per heavy atom. The zero-order chi connectivity index (χ0) is 23.8. The summed E-state index contributed by atoms with van der Waals surface area (Å²) in [5, 5.41) is 13.5. The molecule has 3 aromatic rings. The van der Waals surface area contributed by atoms with E-state index < -0.39 is 17.8 Å². The Kier molecular flexibility index (Phi) is 6.23. The first-order chi connectivity index (χ1) is 15.6. The van der Waals surface area contributed by atoms with Gasteiger partial charge in [-0.1, -0.05) is 6.07 Å². The molecule has 0 aliphatic carbocycles. The molecule has 1 aliphatic rings. The van der Waals surface area contributed by atoms with E-state index in [0.717, 1.165) is 41.8 Å². The monoisotopic (exact) mass is 460 g/mol. The van der Waals surface area contributed by atoms with Crippen LogP contribution in [-0.2, 0) is 24.6 Å². The Morgan fingerprint density at radius 2 is 1.91 bits per heavy atom. The van der Waals surface area contributed by atoms with Crippen LogP contribution in [0.1, 0.15) is 48.9 Å². The van der Waals surface area contributed by atoms with Gasteiger partial charge in [-0.25, -0.2) is 4.98 Å². The first kappa shape index (κ1) is 22.9. The SMILES string of the molecule is CC(C(=O)NCc1ccc(C(F)(F)F)nc1N1CCCCC1)c1cn(C)c2ccc(O)cc12. The van der Waals surface area contributed by atoms with Gasteiger partial charge in [0.15, 0.2) is 0 Å². The minimum absolute atomic E-state index is 0.0795. The number of pyridine rings is 1. The molecule has 0 saturated carbocycles. The topological polar surface area (TPSA) is 70.4 Å². The summed E-state index contributed by atoms with van der Waals surface area (Å²) in [5.41, 5.74) is 1.28. The predicted molar refractivity (Wildman–Crippen MR) is 120 cm³/mol. The number of benzene rings is 1. The number of piperidine rings is 1. The second-order valence-electron chi connectivity index (χ2n) is 8.56. The molecule has 2 aromatic heterocycles. The minimum Gasteiger partial charge on any atom is -0.508 e. The second-order valence-corrected chi connectivity index (χ2v) is 8.56. The number of anilines is 1. The molecule has 1 aromatic carbocycles. The van der Waals surface area contributed by atoms with Crippen molar-refractivity contribution in [1.82, 2.24) is 14.9 Å². The Hall–Kier alpha value is -3.23. The fourth-order valence-electron chi connectivity index (χ4n) is 4.38. The van der Waals surface area contributed by atoms with Crippen molar-refractivity contribution in [2.24, 2.45) is 7.05 Å². The summed E-state index contributed by atoms with van der Waals surface area (Å²) in [6, 6.07) is 7.38. The average Bonchev–Trinajstić information content (AvgIpc) is 3.12. The van der Waals surface area contributed by atoms with Gasteiger partial charge >= 0.3 is 6.18 Å². The molecule has 4 rings (SSSR count). The lowest BCUT2D eigenvalue weighted by molar-refractivity contribution is -0.141. The molecule has 0 spiro atoms. The number of nitrogens with zero attached hydrogens (tertiary/aromatic N) is 3. The zero-order valence-corrected chi connectivity index (χ0v) is 18.6. The van der Waals surface area contributed by atoms with Crippen LogP contribution in [0.15, 0.2) is 36.5 Å². The number of amides is 1. The molecule has 1 unspecified atom stereocenters. The number of carbonyl (C=O) groups excluding carboxylic acids is 1. The van der Waals surface area contributed by atoms with Crippen molar-refractivity contribution in [3.63, 3.8) is 0 Å². The van der Waals surface area contributed by atoms with Crippen molar-refractivity contribution >= 4 is 22.6 Å². The van der Waals surface area contributed by atoms with Crippen molar-refractivity contribution < 1.29 is 23.1 Å². The number of nitrogens with one attached hydrogen (secondary N) is 1. The van der Waals surface area contributed by atoms with Gasteiger partial charge in [-0.3, -0.25) is 4.79 Å². The number of alkyl halides is 3. The third-order valence-corrected chi connectivity index (χ3v) is 6.22. The number of hydrogen-bond donors (Lipinski definition) is 2. The Bertz CT molecular complexity index is 1170. The van der Waals surface area contributed by atoms with Gasteiger partial charge in [-0.05, 0) is 56.0 Å². The van der Waals surface area contributed by atoms with Gasteiger partial charge in [0, 0.05) is 49.3 Å². The van der Waals surface area contributed by atoms with Gasteiger partial charge in [0.05, 0.1) is 5.92 Å². The summed E-state index contributed by atoms with van der Waals surface area (Å²) < 4.78 is 41.7. The molecule has 2 N–H and O–H groups in total. The van der Waals surface area contributed by atoms with E-state index in [2.05, 4.69) is 10.3 Å². The van der Waals surface area contributed by atoms with Crippen LogP contribution in [0, 0.1) is 0 Å². The molecule has 9 heteroatoms. The minimum atomic E-state index is -4.53. The molecule has 0 radical (unpaired) electrons. The third-order valence-electron chi connectivity index (χ3n) is 6.22. The van der Waals surface area contributed by atoms with E-state index in [-0.39, 0.29) is 24.0 Å². The number of fused-ring (bicyclic) bond motifs is 1. The predicted octanol–water partition coefficient (Wildman–Crippen LogP) is 4.71. The maximum atomic E-state index is 13.3. The molecule has 176 valence electrons. The lowest BCUT2D eigenvalue weighted by atomic mass is 9.99. The van der Waals surface area contributed by atoms with Crippen molar-refractivity contribution in [2.75, 3.05) is 18.0 Å². The van der Waals surface area contributed by atoms with Gasteiger partial charge in [0.25, 0.3) is 0 Å². The lowest BCUT2D eigenvalue weighted by Crippen LogP contribution is -2.33. The number of hydrogen-bond acceptors (Lipinski definition) is 4. The summed E-state index contributed by atoms with van der Waals surface area (Å²) in [6.45, 7) is 3.14.